The first-order valence-corrected chi connectivity index (χ1v) is 6.08. The maximum absolute atomic E-state index is 11.3. The zero-order valence-electron chi connectivity index (χ0n) is 11.9. The van der Waals surface area contributed by atoms with E-state index in [-0.39, 0.29) is 5.91 Å². The highest BCUT2D eigenvalue weighted by atomic mass is 16.7. The van der Waals surface area contributed by atoms with Gasteiger partial charge in [-0.25, -0.2) is 5.06 Å². The van der Waals surface area contributed by atoms with Crippen LogP contribution in [-0.4, -0.2) is 25.1 Å². The molecule has 17 heavy (non-hydrogen) atoms. The number of carbonyl (C=O) groups is 1. The van der Waals surface area contributed by atoms with E-state index < -0.39 is 0 Å². The number of likely N-dealkylation sites (N-methyl/N-ethyl adjacent to an activating group) is 1. The molecule has 0 fully saturated rings. The van der Waals surface area contributed by atoms with Gasteiger partial charge in [-0.15, -0.1) is 0 Å². The monoisotopic (exact) mass is 239 g/mol. The fourth-order valence-corrected chi connectivity index (χ4v) is 0.984. The molecular formula is C14H25NO2. The number of hydroxylamine groups is 2. The number of nitrogens with zero attached hydrogens (tertiary/aromatic N) is 1. The van der Waals surface area contributed by atoms with Crippen LogP contribution in [-0.2, 0) is 16.1 Å². The molecule has 3 heteroatoms. The first-order chi connectivity index (χ1) is 8.24. The molecular weight excluding hydrogens is 214 g/mol. The molecule has 1 aromatic carbocycles. The van der Waals surface area contributed by atoms with Crippen LogP contribution < -0.4 is 0 Å². The van der Waals surface area contributed by atoms with Crippen molar-refractivity contribution in [2.75, 3.05) is 14.2 Å². The second kappa shape index (κ2) is 12.7. The first-order valence-electron chi connectivity index (χ1n) is 6.08. The van der Waals surface area contributed by atoms with Gasteiger partial charge in [0.25, 0.3) is 0 Å². The Hall–Kier alpha value is -1.35. The molecule has 0 aliphatic carbocycles. The van der Waals surface area contributed by atoms with Gasteiger partial charge in [0.1, 0.15) is 0 Å². The zero-order chi connectivity index (χ0) is 13.7. The molecule has 1 amide bonds. The van der Waals surface area contributed by atoms with Crippen LogP contribution in [0.5, 0.6) is 0 Å². The van der Waals surface area contributed by atoms with Crippen LogP contribution in [0, 0.1) is 0 Å². The van der Waals surface area contributed by atoms with E-state index in [0.29, 0.717) is 6.42 Å². The molecule has 0 radical (unpaired) electrons. The fraction of sp³-hybridized carbons (Fsp3) is 0.500. The van der Waals surface area contributed by atoms with Gasteiger partial charge >= 0.3 is 0 Å². The molecule has 0 bridgehead atoms. The summed E-state index contributed by atoms with van der Waals surface area (Å²) in [6, 6.07) is 9.58. The number of benzene rings is 1. The highest BCUT2D eigenvalue weighted by Crippen LogP contribution is 2.01. The van der Waals surface area contributed by atoms with Crippen LogP contribution in [0.2, 0.25) is 0 Å². The predicted molar refractivity (Wildman–Crippen MR) is 72.6 cm³/mol. The minimum Gasteiger partial charge on any atom is -0.275 e. The lowest BCUT2D eigenvalue weighted by Gasteiger charge is -2.13. The molecule has 1 rings (SSSR count). The number of hydrogen-bond donors (Lipinski definition) is 0. The SMILES string of the molecule is CC.CC.CON(C)C(=O)Cc1ccccc1. The maximum Gasteiger partial charge on any atom is 0.250 e. The van der Waals surface area contributed by atoms with E-state index in [9.17, 15) is 4.79 Å². The summed E-state index contributed by atoms with van der Waals surface area (Å²) in [6.07, 6.45) is 0.380. The van der Waals surface area contributed by atoms with Crippen LogP contribution in [0.3, 0.4) is 0 Å². The Labute approximate surface area is 105 Å². The molecule has 3 nitrogen and oxygen atoms in total. The van der Waals surface area contributed by atoms with Crippen molar-refractivity contribution < 1.29 is 9.63 Å². The minimum absolute atomic E-state index is 0.0475. The summed E-state index contributed by atoms with van der Waals surface area (Å²) >= 11 is 0. The van der Waals surface area contributed by atoms with E-state index in [4.69, 9.17) is 4.84 Å². The maximum atomic E-state index is 11.3. The molecule has 0 heterocycles. The zero-order valence-corrected chi connectivity index (χ0v) is 11.9. The third kappa shape index (κ3) is 8.46. The summed E-state index contributed by atoms with van der Waals surface area (Å²) in [5.74, 6) is -0.0475. The Morgan fingerprint density at radius 2 is 1.59 bits per heavy atom. The smallest absolute Gasteiger partial charge is 0.250 e. The molecule has 0 aromatic heterocycles. The second-order valence-corrected chi connectivity index (χ2v) is 2.74. The third-order valence-corrected chi connectivity index (χ3v) is 1.82. The van der Waals surface area contributed by atoms with Crippen molar-refractivity contribution in [3.8, 4) is 0 Å². The largest absolute Gasteiger partial charge is 0.275 e. The van der Waals surface area contributed by atoms with E-state index >= 15 is 0 Å². The van der Waals surface area contributed by atoms with Gasteiger partial charge in [0, 0.05) is 7.05 Å². The normalized spacial score (nSPS) is 8.12. The molecule has 0 saturated carbocycles. The van der Waals surface area contributed by atoms with Gasteiger partial charge in [-0.05, 0) is 5.56 Å². The molecule has 0 aliphatic heterocycles. The minimum atomic E-state index is -0.0475. The standard InChI is InChI=1S/C10H13NO2.2C2H6/c1-11(13-2)10(12)8-9-6-4-3-5-7-9;2*1-2/h3-7H,8H2,1-2H3;2*1-2H3. The molecule has 98 valence electrons. The molecule has 1 aromatic rings. The lowest BCUT2D eigenvalue weighted by molar-refractivity contribution is -0.167. The molecule has 0 spiro atoms. The number of carbonyl (C=O) groups excluding carboxylic acids is 1. The predicted octanol–water partition coefficient (Wildman–Crippen LogP) is 3.30. The Balaban J connectivity index is 0. The van der Waals surface area contributed by atoms with Gasteiger partial charge in [0.15, 0.2) is 0 Å². The third-order valence-electron chi connectivity index (χ3n) is 1.82. The Morgan fingerprint density at radius 1 is 1.12 bits per heavy atom. The topological polar surface area (TPSA) is 29.5 Å². The van der Waals surface area contributed by atoms with Gasteiger partial charge in [-0.3, -0.25) is 9.63 Å². The summed E-state index contributed by atoms with van der Waals surface area (Å²) in [7, 11) is 3.08. The van der Waals surface area contributed by atoms with Gasteiger partial charge in [-0.2, -0.15) is 0 Å². The summed E-state index contributed by atoms with van der Waals surface area (Å²) in [5.41, 5.74) is 0.997. The highest BCUT2D eigenvalue weighted by molar-refractivity contribution is 5.77. The number of amides is 1. The summed E-state index contributed by atoms with van der Waals surface area (Å²) in [6.45, 7) is 8.00. The lowest BCUT2D eigenvalue weighted by Crippen LogP contribution is -2.26. The van der Waals surface area contributed by atoms with Crippen LogP contribution in [0.25, 0.3) is 0 Å². The van der Waals surface area contributed by atoms with E-state index in [2.05, 4.69) is 0 Å². The Morgan fingerprint density at radius 3 is 2.00 bits per heavy atom. The van der Waals surface area contributed by atoms with Crippen molar-refractivity contribution in [2.24, 2.45) is 0 Å². The van der Waals surface area contributed by atoms with Crippen molar-refractivity contribution in [1.29, 1.82) is 0 Å². The van der Waals surface area contributed by atoms with E-state index in [0.717, 1.165) is 5.56 Å². The van der Waals surface area contributed by atoms with Gasteiger partial charge in [0.2, 0.25) is 5.91 Å². The summed E-state index contributed by atoms with van der Waals surface area (Å²) < 4.78 is 0. The van der Waals surface area contributed by atoms with E-state index in [1.807, 2.05) is 58.0 Å². The fourth-order valence-electron chi connectivity index (χ4n) is 0.984. The summed E-state index contributed by atoms with van der Waals surface area (Å²) in [4.78, 5) is 16.1. The van der Waals surface area contributed by atoms with Crippen molar-refractivity contribution in [3.05, 3.63) is 35.9 Å². The van der Waals surface area contributed by atoms with Crippen LogP contribution in [0.4, 0.5) is 0 Å². The molecule has 0 atom stereocenters. The Kier molecular flexibility index (Phi) is 13.5. The average Bonchev–Trinajstić information content (AvgIpc) is 2.43. The Bertz CT molecular complexity index is 273. The van der Waals surface area contributed by atoms with Crippen molar-refractivity contribution >= 4 is 5.91 Å². The van der Waals surface area contributed by atoms with Gasteiger partial charge in [-0.1, -0.05) is 58.0 Å². The van der Waals surface area contributed by atoms with E-state index in [1.54, 1.807) is 7.05 Å². The molecule has 0 saturated heterocycles. The average molecular weight is 239 g/mol. The van der Waals surface area contributed by atoms with Crippen LogP contribution >= 0.6 is 0 Å². The van der Waals surface area contributed by atoms with Gasteiger partial charge in [0.05, 0.1) is 13.5 Å². The lowest BCUT2D eigenvalue weighted by atomic mass is 10.1. The van der Waals surface area contributed by atoms with Crippen molar-refractivity contribution in [1.82, 2.24) is 5.06 Å². The second-order valence-electron chi connectivity index (χ2n) is 2.74. The molecule has 0 N–H and O–H groups in total. The van der Waals surface area contributed by atoms with Crippen molar-refractivity contribution in [2.45, 2.75) is 34.1 Å². The van der Waals surface area contributed by atoms with Crippen molar-refractivity contribution in [3.63, 3.8) is 0 Å². The van der Waals surface area contributed by atoms with E-state index in [1.165, 1.54) is 12.2 Å². The molecule has 0 aliphatic rings. The van der Waals surface area contributed by atoms with Gasteiger partial charge < -0.3 is 0 Å². The first kappa shape index (κ1) is 18.0. The quantitative estimate of drug-likeness (QED) is 0.757. The molecule has 0 unspecified atom stereocenters. The number of hydrogen-bond acceptors (Lipinski definition) is 2. The summed E-state index contributed by atoms with van der Waals surface area (Å²) in [5, 5.41) is 1.23. The van der Waals surface area contributed by atoms with Crippen LogP contribution in [0.1, 0.15) is 33.3 Å². The highest BCUT2D eigenvalue weighted by Gasteiger charge is 2.07. The van der Waals surface area contributed by atoms with Crippen LogP contribution in [0.15, 0.2) is 30.3 Å². The number of rotatable bonds is 3.